The Morgan fingerprint density at radius 3 is 2.41 bits per heavy atom. The van der Waals surface area contributed by atoms with Crippen molar-refractivity contribution in [1.29, 1.82) is 0 Å². The number of amides is 1. The van der Waals surface area contributed by atoms with Gasteiger partial charge in [-0.25, -0.2) is 9.59 Å². The minimum Gasteiger partial charge on any atom is -0.491 e. The van der Waals surface area contributed by atoms with Gasteiger partial charge in [-0.1, -0.05) is 25.3 Å². The molecule has 8 heteroatoms. The lowest BCUT2D eigenvalue weighted by Crippen LogP contribution is -2.44. The number of rotatable bonds is 4. The highest BCUT2D eigenvalue weighted by Crippen LogP contribution is 2.48. The Morgan fingerprint density at radius 2 is 1.71 bits per heavy atom. The zero-order valence-corrected chi connectivity index (χ0v) is 24.3. The lowest BCUT2D eigenvalue weighted by Gasteiger charge is -2.33. The van der Waals surface area contributed by atoms with Crippen molar-refractivity contribution < 1.29 is 28.9 Å². The lowest BCUT2D eigenvalue weighted by atomic mass is 9.81. The quantitative estimate of drug-likeness (QED) is 0.362. The molecule has 1 saturated heterocycles. The van der Waals surface area contributed by atoms with E-state index in [9.17, 15) is 14.7 Å². The maximum atomic E-state index is 12.4. The van der Waals surface area contributed by atoms with Crippen LogP contribution in [-0.4, -0.2) is 58.0 Å². The largest absolute Gasteiger partial charge is 0.491 e. The van der Waals surface area contributed by atoms with Crippen molar-refractivity contribution in [2.75, 3.05) is 19.7 Å². The van der Waals surface area contributed by atoms with Gasteiger partial charge in [-0.05, 0) is 69.4 Å². The Balaban J connectivity index is 1.29. The van der Waals surface area contributed by atoms with E-state index in [1.54, 1.807) is 11.0 Å². The van der Waals surface area contributed by atoms with Gasteiger partial charge in [0.2, 0.25) is 0 Å². The summed E-state index contributed by atoms with van der Waals surface area (Å²) in [4.78, 5) is 26.0. The fourth-order valence-corrected chi connectivity index (χ4v) is 6.65. The number of nitrogens with zero attached hydrogens (tertiary/aromatic N) is 2. The second-order valence-corrected chi connectivity index (χ2v) is 12.6. The van der Waals surface area contributed by atoms with Crippen molar-refractivity contribution in [3.8, 4) is 22.8 Å². The summed E-state index contributed by atoms with van der Waals surface area (Å²) in [7, 11) is 0. The van der Waals surface area contributed by atoms with Gasteiger partial charge in [0.05, 0.1) is 17.8 Å². The van der Waals surface area contributed by atoms with E-state index >= 15 is 0 Å². The van der Waals surface area contributed by atoms with Crippen LogP contribution in [0.25, 0.3) is 22.2 Å². The normalized spacial score (nSPS) is 18.3. The Kier molecular flexibility index (Phi) is 7.34. The molecule has 6 rings (SSSR count). The number of carbonyl (C=O) groups excluding carboxylic acids is 1. The second-order valence-electron chi connectivity index (χ2n) is 12.6. The molecule has 2 aromatic carbocycles. The van der Waals surface area contributed by atoms with Crippen LogP contribution < -0.4 is 9.47 Å². The van der Waals surface area contributed by atoms with E-state index in [1.165, 1.54) is 24.8 Å². The van der Waals surface area contributed by atoms with Gasteiger partial charge in [-0.15, -0.1) is 0 Å². The van der Waals surface area contributed by atoms with E-state index in [-0.39, 0.29) is 12.2 Å². The van der Waals surface area contributed by atoms with E-state index < -0.39 is 11.6 Å². The average molecular weight is 561 g/mol. The molecule has 1 saturated carbocycles. The molecule has 1 aromatic heterocycles. The number of benzene rings is 2. The van der Waals surface area contributed by atoms with Gasteiger partial charge in [-0.3, -0.25) is 0 Å². The van der Waals surface area contributed by atoms with Gasteiger partial charge in [0.1, 0.15) is 29.8 Å². The summed E-state index contributed by atoms with van der Waals surface area (Å²) in [6.07, 6.45) is 7.21. The highest BCUT2D eigenvalue weighted by atomic mass is 16.6. The number of ether oxygens (including phenoxy) is 3. The number of hydrogen-bond donors (Lipinski definition) is 1. The zero-order chi connectivity index (χ0) is 28.7. The molecule has 0 atom stereocenters. The van der Waals surface area contributed by atoms with Crippen LogP contribution in [0.15, 0.2) is 36.4 Å². The third-order valence-corrected chi connectivity index (χ3v) is 8.54. The van der Waals surface area contributed by atoms with Crippen LogP contribution in [0.2, 0.25) is 0 Å². The lowest BCUT2D eigenvalue weighted by molar-refractivity contribution is 0.0126. The first-order chi connectivity index (χ1) is 19.7. The van der Waals surface area contributed by atoms with Crippen molar-refractivity contribution in [3.63, 3.8) is 0 Å². The van der Waals surface area contributed by atoms with Crippen molar-refractivity contribution in [2.45, 2.75) is 89.9 Å². The Morgan fingerprint density at radius 1 is 0.951 bits per heavy atom. The number of likely N-dealkylation sites (tertiary alicyclic amines) is 1. The standard InChI is InChI=1S/C33H40N2O6/c1-33(2,3)41-32(38)34-15-13-23(14-16-34)40-24-10-12-26-28(20-24)39-18-17-35-27-19-22(31(36)37)9-11-25(27)29(30(26)35)21-7-5-4-6-8-21/h9-12,19-21,23H,4-8,13-18H2,1-3H3,(H,36,37). The van der Waals surface area contributed by atoms with Crippen LogP contribution in [0.5, 0.6) is 11.5 Å². The minimum atomic E-state index is -0.911. The van der Waals surface area contributed by atoms with Gasteiger partial charge in [0.25, 0.3) is 0 Å². The second kappa shape index (κ2) is 11.0. The van der Waals surface area contributed by atoms with Crippen molar-refractivity contribution in [1.82, 2.24) is 9.47 Å². The van der Waals surface area contributed by atoms with E-state index in [4.69, 9.17) is 14.2 Å². The van der Waals surface area contributed by atoms with Crippen molar-refractivity contribution in [3.05, 3.63) is 47.5 Å². The Labute approximate surface area is 241 Å². The number of carboxylic acids is 1. The van der Waals surface area contributed by atoms with Crippen molar-refractivity contribution in [2.24, 2.45) is 0 Å². The maximum Gasteiger partial charge on any atom is 0.410 e. The van der Waals surface area contributed by atoms with Crippen LogP contribution in [0, 0.1) is 0 Å². The number of piperidine rings is 1. The smallest absolute Gasteiger partial charge is 0.410 e. The molecule has 1 amide bonds. The zero-order valence-electron chi connectivity index (χ0n) is 24.3. The fraction of sp³-hybridized carbons (Fsp3) is 0.515. The molecule has 1 N–H and O–H groups in total. The van der Waals surface area contributed by atoms with Crippen molar-refractivity contribution >= 4 is 23.0 Å². The number of hydrogen-bond acceptors (Lipinski definition) is 5. The summed E-state index contributed by atoms with van der Waals surface area (Å²) < 4.78 is 20.5. The molecule has 0 radical (unpaired) electrons. The Hall–Kier alpha value is -3.68. The highest BCUT2D eigenvalue weighted by molar-refractivity contribution is 5.98. The van der Waals surface area contributed by atoms with Gasteiger partial charge in [0.15, 0.2) is 0 Å². The topological polar surface area (TPSA) is 90.2 Å². The molecular weight excluding hydrogens is 520 g/mol. The summed E-state index contributed by atoms with van der Waals surface area (Å²) in [5.74, 6) is 1.09. The summed E-state index contributed by atoms with van der Waals surface area (Å²) in [6.45, 7) is 7.98. The fourth-order valence-electron chi connectivity index (χ4n) is 6.65. The first-order valence-corrected chi connectivity index (χ1v) is 15.0. The van der Waals surface area contributed by atoms with Gasteiger partial charge < -0.3 is 28.8 Å². The number of aromatic nitrogens is 1. The van der Waals surface area contributed by atoms with E-state index in [1.807, 2.05) is 45.0 Å². The molecule has 0 bridgehead atoms. The number of carbonyl (C=O) groups is 2. The van der Waals surface area contributed by atoms with Crippen LogP contribution >= 0.6 is 0 Å². The molecule has 218 valence electrons. The number of fused-ring (bicyclic) bond motifs is 5. The molecule has 3 aliphatic rings. The summed E-state index contributed by atoms with van der Waals surface area (Å²) >= 11 is 0. The van der Waals surface area contributed by atoms with Crippen LogP contribution in [-0.2, 0) is 11.3 Å². The third-order valence-electron chi connectivity index (χ3n) is 8.54. The number of aromatic carboxylic acids is 1. The molecule has 0 spiro atoms. The minimum absolute atomic E-state index is 0.0104. The molecule has 3 aromatic rings. The van der Waals surface area contributed by atoms with Gasteiger partial charge >= 0.3 is 12.1 Å². The molecule has 1 aliphatic carbocycles. The molecule has 3 heterocycles. The molecule has 2 aliphatic heterocycles. The molecule has 2 fully saturated rings. The number of carboxylic acid groups (broad SMARTS) is 1. The predicted molar refractivity (Wildman–Crippen MR) is 157 cm³/mol. The van der Waals surface area contributed by atoms with E-state index in [0.29, 0.717) is 37.7 Å². The average Bonchev–Trinajstić information content (AvgIpc) is 3.14. The van der Waals surface area contributed by atoms with E-state index in [0.717, 1.165) is 59.3 Å². The van der Waals surface area contributed by atoms with Crippen LogP contribution in [0.1, 0.15) is 87.6 Å². The SMILES string of the molecule is CC(C)(C)OC(=O)N1CCC(Oc2ccc3c(c2)OCCn2c-3c(C3CCCCC3)c3ccc(C(=O)O)cc32)CC1. The third kappa shape index (κ3) is 5.61. The Bertz CT molecular complexity index is 1450. The first-order valence-electron chi connectivity index (χ1n) is 15.0. The van der Waals surface area contributed by atoms with Gasteiger partial charge in [-0.2, -0.15) is 0 Å². The molecular formula is C33H40N2O6. The predicted octanol–water partition coefficient (Wildman–Crippen LogP) is 7.22. The molecule has 8 nitrogen and oxygen atoms in total. The van der Waals surface area contributed by atoms with Crippen LogP contribution in [0.4, 0.5) is 4.79 Å². The summed E-state index contributed by atoms with van der Waals surface area (Å²) in [5.41, 5.74) is 4.27. The maximum absolute atomic E-state index is 12.4. The molecule has 41 heavy (non-hydrogen) atoms. The molecule has 0 unspecified atom stereocenters. The first kappa shape index (κ1) is 27.5. The van der Waals surface area contributed by atoms with Gasteiger partial charge in [0, 0.05) is 48.5 Å². The highest BCUT2D eigenvalue weighted by Gasteiger charge is 2.31. The summed E-state index contributed by atoms with van der Waals surface area (Å²) in [6, 6.07) is 11.7. The summed E-state index contributed by atoms with van der Waals surface area (Å²) in [5, 5.41) is 10.8. The van der Waals surface area contributed by atoms with E-state index in [2.05, 4.69) is 10.6 Å². The monoisotopic (exact) mass is 560 g/mol. The van der Waals surface area contributed by atoms with Crippen LogP contribution in [0.3, 0.4) is 0 Å².